The van der Waals surface area contributed by atoms with Gasteiger partial charge < -0.3 is 4.74 Å². The van der Waals surface area contributed by atoms with Crippen LogP contribution in [0.15, 0.2) is 42.5 Å². The van der Waals surface area contributed by atoms with Gasteiger partial charge in [-0.05, 0) is 23.8 Å². The molecule has 0 aliphatic carbocycles. The van der Waals surface area contributed by atoms with Crippen LogP contribution in [-0.2, 0) is 6.54 Å². The van der Waals surface area contributed by atoms with E-state index in [9.17, 15) is 19.7 Å². The number of rotatable bonds is 4. The largest absolute Gasteiger partial charge is 0.497 e. The first-order chi connectivity index (χ1) is 11.0. The highest BCUT2D eigenvalue weighted by atomic mass is 16.6. The van der Waals surface area contributed by atoms with Crippen LogP contribution in [0.2, 0.25) is 0 Å². The van der Waals surface area contributed by atoms with Crippen molar-refractivity contribution in [2.24, 2.45) is 0 Å². The molecule has 0 N–H and O–H groups in total. The van der Waals surface area contributed by atoms with Crippen LogP contribution in [0.25, 0.3) is 0 Å². The number of benzene rings is 2. The number of non-ortho nitro benzene ring substituents is 1. The van der Waals surface area contributed by atoms with Crippen molar-refractivity contribution >= 4 is 17.5 Å². The second-order valence-corrected chi connectivity index (χ2v) is 5.03. The van der Waals surface area contributed by atoms with Crippen molar-refractivity contribution in [1.29, 1.82) is 0 Å². The van der Waals surface area contributed by atoms with Crippen molar-refractivity contribution in [3.8, 4) is 5.75 Å². The molecule has 2 aromatic carbocycles. The third-order valence-electron chi connectivity index (χ3n) is 3.64. The lowest BCUT2D eigenvalue weighted by atomic mass is 10.1. The molecule has 1 heterocycles. The molecule has 7 heteroatoms. The number of hydrogen-bond donors (Lipinski definition) is 0. The average molecular weight is 312 g/mol. The summed E-state index contributed by atoms with van der Waals surface area (Å²) in [5.41, 5.74) is 0.761. The molecular formula is C16H12N2O5. The van der Waals surface area contributed by atoms with Crippen LogP contribution in [0.3, 0.4) is 0 Å². The number of fused-ring (bicyclic) bond motifs is 1. The molecule has 1 aliphatic rings. The van der Waals surface area contributed by atoms with Crippen LogP contribution in [0, 0.1) is 10.1 Å². The number of ether oxygens (including phenoxy) is 1. The van der Waals surface area contributed by atoms with Gasteiger partial charge in [0.1, 0.15) is 5.75 Å². The van der Waals surface area contributed by atoms with E-state index in [1.165, 1.54) is 19.2 Å². The number of nitro groups is 1. The van der Waals surface area contributed by atoms with Gasteiger partial charge >= 0.3 is 0 Å². The lowest BCUT2D eigenvalue weighted by molar-refractivity contribution is -0.384. The van der Waals surface area contributed by atoms with E-state index < -0.39 is 16.7 Å². The van der Waals surface area contributed by atoms with Crippen molar-refractivity contribution < 1.29 is 19.2 Å². The van der Waals surface area contributed by atoms with E-state index in [1.54, 1.807) is 24.3 Å². The minimum absolute atomic E-state index is 0.0621. The first-order valence-corrected chi connectivity index (χ1v) is 6.79. The average Bonchev–Trinajstić information content (AvgIpc) is 2.79. The summed E-state index contributed by atoms with van der Waals surface area (Å²) >= 11 is 0. The summed E-state index contributed by atoms with van der Waals surface area (Å²) in [6.45, 7) is 0.0807. The summed E-state index contributed by atoms with van der Waals surface area (Å²) < 4.78 is 5.11. The van der Waals surface area contributed by atoms with Gasteiger partial charge in [0.05, 0.1) is 29.7 Å². The Morgan fingerprint density at radius 2 is 1.83 bits per heavy atom. The lowest BCUT2D eigenvalue weighted by Gasteiger charge is -2.14. The quantitative estimate of drug-likeness (QED) is 0.491. The Hall–Kier alpha value is -3.22. The standard InChI is InChI=1S/C16H12N2O5/c1-23-12-4-2-3-10(7-12)9-17-15(19)13-6-5-11(18(21)22)8-14(13)16(17)20/h2-8H,9H2,1H3. The van der Waals surface area contributed by atoms with Crippen molar-refractivity contribution in [2.45, 2.75) is 6.54 Å². The summed E-state index contributed by atoms with van der Waals surface area (Å²) in [6, 6.07) is 10.7. The first kappa shape index (κ1) is 14.7. The Morgan fingerprint density at radius 1 is 1.09 bits per heavy atom. The number of methoxy groups -OCH3 is 1. The predicted octanol–water partition coefficient (Wildman–Crippen LogP) is 2.40. The summed E-state index contributed by atoms with van der Waals surface area (Å²) in [5.74, 6) is -0.367. The smallest absolute Gasteiger partial charge is 0.270 e. The Morgan fingerprint density at radius 3 is 2.52 bits per heavy atom. The van der Waals surface area contributed by atoms with Gasteiger partial charge in [0.2, 0.25) is 0 Å². The molecule has 0 aromatic heterocycles. The zero-order valence-electron chi connectivity index (χ0n) is 12.2. The fourth-order valence-electron chi connectivity index (χ4n) is 2.49. The third kappa shape index (κ3) is 2.52. The molecule has 116 valence electrons. The number of carbonyl (C=O) groups excluding carboxylic acids is 2. The molecule has 7 nitrogen and oxygen atoms in total. The van der Waals surface area contributed by atoms with Crippen LogP contribution in [0.4, 0.5) is 5.69 Å². The van der Waals surface area contributed by atoms with Crippen LogP contribution in [0.1, 0.15) is 26.3 Å². The highest BCUT2D eigenvalue weighted by Gasteiger charge is 2.36. The number of nitro benzene ring substituents is 1. The van der Waals surface area contributed by atoms with Gasteiger partial charge in [-0.1, -0.05) is 12.1 Å². The maximum absolute atomic E-state index is 12.4. The molecule has 2 aromatic rings. The van der Waals surface area contributed by atoms with Crippen molar-refractivity contribution in [3.05, 3.63) is 69.3 Å². The summed E-state index contributed by atoms with van der Waals surface area (Å²) in [6.07, 6.45) is 0. The van der Waals surface area contributed by atoms with Crippen LogP contribution >= 0.6 is 0 Å². The minimum Gasteiger partial charge on any atom is -0.497 e. The topological polar surface area (TPSA) is 89.8 Å². The van der Waals surface area contributed by atoms with Gasteiger partial charge in [-0.3, -0.25) is 24.6 Å². The van der Waals surface area contributed by atoms with E-state index in [0.717, 1.165) is 16.5 Å². The fourth-order valence-corrected chi connectivity index (χ4v) is 2.49. The lowest BCUT2D eigenvalue weighted by Crippen LogP contribution is -2.29. The Balaban J connectivity index is 1.92. The van der Waals surface area contributed by atoms with Gasteiger partial charge in [-0.2, -0.15) is 0 Å². The number of amides is 2. The zero-order chi connectivity index (χ0) is 16.6. The third-order valence-corrected chi connectivity index (χ3v) is 3.64. The fraction of sp³-hybridized carbons (Fsp3) is 0.125. The molecule has 0 saturated carbocycles. The van der Waals surface area contributed by atoms with Gasteiger partial charge in [-0.25, -0.2) is 0 Å². The predicted molar refractivity (Wildman–Crippen MR) is 80.3 cm³/mol. The van der Waals surface area contributed by atoms with Crippen LogP contribution in [0.5, 0.6) is 5.75 Å². The highest BCUT2D eigenvalue weighted by Crippen LogP contribution is 2.28. The molecule has 0 bridgehead atoms. The molecular weight excluding hydrogens is 300 g/mol. The van der Waals surface area contributed by atoms with Crippen molar-refractivity contribution in [1.82, 2.24) is 4.90 Å². The second-order valence-electron chi connectivity index (χ2n) is 5.03. The second kappa shape index (κ2) is 5.53. The monoisotopic (exact) mass is 312 g/mol. The molecule has 23 heavy (non-hydrogen) atoms. The molecule has 0 saturated heterocycles. The summed E-state index contributed by atoms with van der Waals surface area (Å²) in [5, 5.41) is 10.8. The normalized spacial score (nSPS) is 13.2. The first-order valence-electron chi connectivity index (χ1n) is 6.79. The van der Waals surface area contributed by atoms with Gasteiger partial charge in [0, 0.05) is 12.1 Å². The molecule has 0 atom stereocenters. The zero-order valence-corrected chi connectivity index (χ0v) is 12.2. The van der Waals surface area contributed by atoms with E-state index >= 15 is 0 Å². The maximum Gasteiger partial charge on any atom is 0.270 e. The Bertz CT molecular complexity index is 831. The molecule has 0 fully saturated rings. The van der Waals surface area contributed by atoms with Crippen LogP contribution < -0.4 is 4.74 Å². The minimum atomic E-state index is -0.594. The summed E-state index contributed by atoms with van der Waals surface area (Å²) in [4.78, 5) is 36.0. The molecule has 1 aliphatic heterocycles. The number of carbonyl (C=O) groups is 2. The SMILES string of the molecule is COc1cccc(CN2C(=O)c3ccc([N+](=O)[O-])cc3C2=O)c1. The number of nitrogens with zero attached hydrogens (tertiary/aromatic N) is 2. The molecule has 0 spiro atoms. The van der Waals surface area contributed by atoms with Gasteiger partial charge in [-0.15, -0.1) is 0 Å². The maximum atomic E-state index is 12.4. The molecule has 2 amide bonds. The Labute approximate surface area is 131 Å². The van der Waals surface area contributed by atoms with Crippen molar-refractivity contribution in [3.63, 3.8) is 0 Å². The summed E-state index contributed by atoms with van der Waals surface area (Å²) in [7, 11) is 1.53. The Kier molecular flexibility index (Phi) is 3.53. The van der Waals surface area contributed by atoms with E-state index in [1.807, 2.05) is 0 Å². The molecule has 3 rings (SSSR count). The van der Waals surface area contributed by atoms with E-state index in [0.29, 0.717) is 5.75 Å². The van der Waals surface area contributed by atoms with Gasteiger partial charge in [0.15, 0.2) is 0 Å². The number of hydrogen-bond acceptors (Lipinski definition) is 5. The van der Waals surface area contributed by atoms with E-state index in [4.69, 9.17) is 4.74 Å². The van der Waals surface area contributed by atoms with Crippen LogP contribution in [-0.4, -0.2) is 28.7 Å². The van der Waals surface area contributed by atoms with Gasteiger partial charge in [0.25, 0.3) is 17.5 Å². The van der Waals surface area contributed by atoms with Crippen molar-refractivity contribution in [2.75, 3.05) is 7.11 Å². The van der Waals surface area contributed by atoms with E-state index in [2.05, 4.69) is 0 Å². The molecule has 0 unspecified atom stereocenters. The number of imide groups is 1. The van der Waals surface area contributed by atoms with E-state index in [-0.39, 0.29) is 23.4 Å². The highest BCUT2D eigenvalue weighted by molar-refractivity contribution is 6.21. The molecule has 0 radical (unpaired) electrons.